The fourth-order valence-electron chi connectivity index (χ4n) is 3.11. The number of hydrogen-bond donors (Lipinski definition) is 4. The number of aromatic nitrogens is 2. The molecule has 10 heteroatoms. The average molecular weight is 431 g/mol. The van der Waals surface area contributed by atoms with Gasteiger partial charge in [-0.15, -0.1) is 11.3 Å². The summed E-state index contributed by atoms with van der Waals surface area (Å²) >= 11 is 1.22. The number of amides is 3. The molecule has 3 rings (SSSR count). The Morgan fingerprint density at radius 2 is 2.30 bits per heavy atom. The third kappa shape index (κ3) is 6.32. The van der Waals surface area contributed by atoms with Crippen molar-refractivity contribution in [1.82, 2.24) is 20.4 Å². The third-order valence-electron chi connectivity index (χ3n) is 4.57. The van der Waals surface area contributed by atoms with Crippen LogP contribution in [0.15, 0.2) is 18.5 Å². The number of ether oxygens (including phenoxy) is 1. The summed E-state index contributed by atoms with van der Waals surface area (Å²) in [6.45, 7) is 2.90. The molecule has 2 aromatic heterocycles. The van der Waals surface area contributed by atoms with Crippen LogP contribution in [-0.4, -0.2) is 54.6 Å². The van der Waals surface area contributed by atoms with E-state index in [-0.39, 0.29) is 11.9 Å². The molecule has 0 aromatic carbocycles. The first kappa shape index (κ1) is 21.8. The second-order valence-corrected chi connectivity index (χ2v) is 8.00. The van der Waals surface area contributed by atoms with Crippen LogP contribution in [0.4, 0.5) is 10.5 Å². The maximum atomic E-state index is 12.8. The molecule has 9 nitrogen and oxygen atoms in total. The normalized spacial score (nSPS) is 16.2. The van der Waals surface area contributed by atoms with E-state index in [2.05, 4.69) is 32.9 Å². The molecule has 0 saturated carbocycles. The van der Waals surface area contributed by atoms with Gasteiger partial charge in [0, 0.05) is 25.9 Å². The van der Waals surface area contributed by atoms with Crippen LogP contribution in [0.25, 0.3) is 0 Å². The lowest BCUT2D eigenvalue weighted by Gasteiger charge is -2.16. The first-order valence-corrected chi connectivity index (χ1v) is 10.6. The number of anilines is 1. The van der Waals surface area contributed by atoms with Crippen molar-refractivity contribution < 1.29 is 14.3 Å². The first-order valence-electron chi connectivity index (χ1n) is 9.80. The quantitative estimate of drug-likeness (QED) is 0.515. The van der Waals surface area contributed by atoms with Gasteiger partial charge in [0.15, 0.2) is 0 Å². The molecule has 5 N–H and O–H groups in total. The minimum Gasteiger partial charge on any atom is -0.383 e. The van der Waals surface area contributed by atoms with E-state index in [9.17, 15) is 9.59 Å². The van der Waals surface area contributed by atoms with Gasteiger partial charge >= 0.3 is 6.03 Å². The van der Waals surface area contributed by atoms with Crippen molar-refractivity contribution in [3.8, 4) is 11.8 Å². The van der Waals surface area contributed by atoms with E-state index in [4.69, 9.17) is 10.5 Å². The zero-order valence-corrected chi connectivity index (χ0v) is 17.7. The molecule has 1 aliphatic rings. The average Bonchev–Trinajstić information content (AvgIpc) is 3.24. The Morgan fingerprint density at radius 3 is 3.10 bits per heavy atom. The van der Waals surface area contributed by atoms with Crippen LogP contribution in [0.3, 0.4) is 0 Å². The van der Waals surface area contributed by atoms with Gasteiger partial charge in [0.25, 0.3) is 5.91 Å². The molecule has 160 valence electrons. The maximum Gasteiger partial charge on any atom is 0.316 e. The molecular weight excluding hydrogens is 404 g/mol. The van der Waals surface area contributed by atoms with Crippen LogP contribution in [0.5, 0.6) is 0 Å². The fraction of sp³-hybridized carbons (Fsp3) is 0.450. The van der Waals surface area contributed by atoms with Crippen LogP contribution in [-0.2, 0) is 11.3 Å². The van der Waals surface area contributed by atoms with Crippen molar-refractivity contribution in [3.63, 3.8) is 0 Å². The SMILES string of the molecule is COCCn1cc(C#Cc2cc(NC(N)=O)c(C(=O)N[C@H]3CCCCNC3)s2)cn1. The molecule has 30 heavy (non-hydrogen) atoms. The summed E-state index contributed by atoms with van der Waals surface area (Å²) in [5, 5.41) is 13.1. The molecule has 0 bridgehead atoms. The smallest absolute Gasteiger partial charge is 0.316 e. The highest BCUT2D eigenvalue weighted by atomic mass is 32.1. The Labute approximate surface area is 179 Å². The Kier molecular flexibility index (Phi) is 7.84. The van der Waals surface area contributed by atoms with E-state index in [0.29, 0.717) is 28.6 Å². The highest BCUT2D eigenvalue weighted by Gasteiger charge is 2.21. The molecule has 3 heterocycles. The first-order chi connectivity index (χ1) is 14.5. The van der Waals surface area contributed by atoms with E-state index in [1.54, 1.807) is 24.1 Å². The highest BCUT2D eigenvalue weighted by molar-refractivity contribution is 7.15. The predicted molar refractivity (Wildman–Crippen MR) is 116 cm³/mol. The number of nitrogens with zero attached hydrogens (tertiary/aromatic N) is 2. The summed E-state index contributed by atoms with van der Waals surface area (Å²) in [5.74, 6) is 5.83. The number of nitrogens with two attached hydrogens (primary N) is 1. The van der Waals surface area contributed by atoms with E-state index in [0.717, 1.165) is 37.9 Å². The van der Waals surface area contributed by atoms with Gasteiger partial charge in [-0.2, -0.15) is 5.10 Å². The highest BCUT2D eigenvalue weighted by Crippen LogP contribution is 2.27. The number of methoxy groups -OCH3 is 1. The molecule has 1 saturated heterocycles. The lowest BCUT2D eigenvalue weighted by molar-refractivity contribution is 0.0940. The minimum atomic E-state index is -0.725. The second-order valence-electron chi connectivity index (χ2n) is 6.95. The molecule has 3 amide bonds. The standard InChI is InChI=1S/C20H26N6O3S/c1-29-9-8-26-13-14(11-23-26)5-6-16-10-17(25-20(21)28)18(30-16)19(27)24-15-4-2-3-7-22-12-15/h10-11,13,15,22H,2-4,7-9,12H2,1H3,(H,24,27)(H3,21,25,28)/t15-/m0/s1. The molecule has 1 fully saturated rings. The van der Waals surface area contributed by atoms with Gasteiger partial charge < -0.3 is 26.4 Å². The Morgan fingerprint density at radius 1 is 1.43 bits per heavy atom. The van der Waals surface area contributed by atoms with Gasteiger partial charge in [0.1, 0.15) is 4.88 Å². The van der Waals surface area contributed by atoms with Crippen molar-refractivity contribution in [1.29, 1.82) is 0 Å². The lowest BCUT2D eigenvalue weighted by Crippen LogP contribution is -2.40. The molecule has 1 atom stereocenters. The van der Waals surface area contributed by atoms with Crippen LogP contribution >= 0.6 is 11.3 Å². The molecule has 0 aliphatic carbocycles. The van der Waals surface area contributed by atoms with Gasteiger partial charge in [-0.1, -0.05) is 18.3 Å². The summed E-state index contributed by atoms with van der Waals surface area (Å²) < 4.78 is 6.79. The van der Waals surface area contributed by atoms with E-state index >= 15 is 0 Å². The van der Waals surface area contributed by atoms with Crippen molar-refractivity contribution >= 4 is 29.0 Å². The van der Waals surface area contributed by atoms with Gasteiger partial charge in [0.05, 0.1) is 35.5 Å². The molecular formula is C20H26N6O3S. The lowest BCUT2D eigenvalue weighted by atomic mass is 10.1. The Balaban J connectivity index is 1.75. The monoisotopic (exact) mass is 430 g/mol. The van der Waals surface area contributed by atoms with Gasteiger partial charge in [-0.3, -0.25) is 9.48 Å². The Hall–Kier alpha value is -2.87. The van der Waals surface area contributed by atoms with Crippen molar-refractivity contribution in [3.05, 3.63) is 33.8 Å². The van der Waals surface area contributed by atoms with Crippen LogP contribution < -0.4 is 21.7 Å². The summed E-state index contributed by atoms with van der Waals surface area (Å²) in [6, 6.07) is 0.991. The van der Waals surface area contributed by atoms with Crippen LogP contribution in [0, 0.1) is 11.8 Å². The van der Waals surface area contributed by atoms with E-state index < -0.39 is 6.03 Å². The molecule has 0 radical (unpaired) electrons. The number of rotatable bonds is 6. The van der Waals surface area contributed by atoms with Gasteiger partial charge in [-0.25, -0.2) is 4.79 Å². The van der Waals surface area contributed by atoms with Crippen LogP contribution in [0.2, 0.25) is 0 Å². The number of thiophene rings is 1. The van der Waals surface area contributed by atoms with Crippen molar-refractivity contribution in [2.45, 2.75) is 31.8 Å². The maximum absolute atomic E-state index is 12.8. The summed E-state index contributed by atoms with van der Waals surface area (Å²) in [5.41, 5.74) is 6.39. The Bertz CT molecular complexity index is 934. The van der Waals surface area contributed by atoms with E-state index in [1.165, 1.54) is 11.3 Å². The molecule has 2 aromatic rings. The topological polar surface area (TPSA) is 123 Å². The molecule has 0 spiro atoms. The van der Waals surface area contributed by atoms with E-state index in [1.807, 2.05) is 6.20 Å². The fourth-order valence-corrected chi connectivity index (χ4v) is 3.98. The zero-order chi connectivity index (χ0) is 21.3. The number of hydrogen-bond acceptors (Lipinski definition) is 6. The largest absolute Gasteiger partial charge is 0.383 e. The minimum absolute atomic E-state index is 0.0519. The van der Waals surface area contributed by atoms with Gasteiger partial charge in [-0.05, 0) is 25.5 Å². The van der Waals surface area contributed by atoms with Gasteiger partial charge in [0.2, 0.25) is 0 Å². The van der Waals surface area contributed by atoms with Crippen LogP contribution in [0.1, 0.15) is 39.4 Å². The number of nitrogens with one attached hydrogen (secondary N) is 3. The van der Waals surface area contributed by atoms with Crippen molar-refractivity contribution in [2.24, 2.45) is 5.73 Å². The molecule has 0 unspecified atom stereocenters. The van der Waals surface area contributed by atoms with Crippen molar-refractivity contribution in [2.75, 3.05) is 32.1 Å². The number of carbonyl (C=O) groups is 2. The third-order valence-corrected chi connectivity index (χ3v) is 5.62. The second kappa shape index (κ2) is 10.8. The number of urea groups is 1. The molecule has 1 aliphatic heterocycles. The summed E-state index contributed by atoms with van der Waals surface area (Å²) in [7, 11) is 1.64. The summed E-state index contributed by atoms with van der Waals surface area (Å²) in [4.78, 5) is 25.2. The number of carbonyl (C=O) groups excluding carboxylic acids is 2. The summed E-state index contributed by atoms with van der Waals surface area (Å²) in [6.07, 6.45) is 6.58. The number of primary amides is 1. The zero-order valence-electron chi connectivity index (χ0n) is 16.9. The predicted octanol–water partition coefficient (Wildman–Crippen LogP) is 1.35.